The first kappa shape index (κ1) is 28.4. The lowest BCUT2D eigenvalue weighted by atomic mass is 9.99. The Morgan fingerprint density at radius 3 is 1.94 bits per heavy atom. The van der Waals surface area contributed by atoms with Crippen molar-refractivity contribution in [2.24, 2.45) is 0 Å². The van der Waals surface area contributed by atoms with E-state index in [1.54, 1.807) is 0 Å². The van der Waals surface area contributed by atoms with Crippen molar-refractivity contribution in [1.29, 1.82) is 0 Å². The van der Waals surface area contributed by atoms with Gasteiger partial charge in [0.1, 0.15) is 0 Å². The fourth-order valence-corrected chi connectivity index (χ4v) is 5.30. The number of aryl methyl sites for hydroxylation is 1. The fraction of sp³-hybridized carbons (Fsp3) is 0.786. The molecular weight excluding hydrogens is 396 g/mol. The minimum absolute atomic E-state index is 0.148. The SMILES string of the molecule is CCCCCCCCCCC[C@@H](O)C[C@@H](CCc1ccccc1)O[Si](C)(C)C(C)(C)C. The molecule has 0 amide bonds. The molecule has 0 aromatic heterocycles. The van der Waals surface area contributed by atoms with Crippen LogP contribution in [0.15, 0.2) is 30.3 Å². The first-order chi connectivity index (χ1) is 14.7. The summed E-state index contributed by atoms with van der Waals surface area (Å²) in [6, 6.07) is 10.7. The van der Waals surface area contributed by atoms with Crippen LogP contribution in [0, 0.1) is 0 Å². The number of hydrogen-bond donors (Lipinski definition) is 1. The van der Waals surface area contributed by atoms with Crippen molar-refractivity contribution in [2.75, 3.05) is 0 Å². The van der Waals surface area contributed by atoms with Crippen molar-refractivity contribution < 1.29 is 9.53 Å². The van der Waals surface area contributed by atoms with E-state index in [0.717, 1.165) is 32.1 Å². The summed E-state index contributed by atoms with van der Waals surface area (Å²) < 4.78 is 6.77. The Kier molecular flexibility index (Phi) is 14.0. The second-order valence-corrected chi connectivity index (χ2v) is 15.8. The lowest BCUT2D eigenvalue weighted by Crippen LogP contribution is -2.44. The zero-order valence-electron chi connectivity index (χ0n) is 21.6. The van der Waals surface area contributed by atoms with Crippen molar-refractivity contribution in [1.82, 2.24) is 0 Å². The summed E-state index contributed by atoms with van der Waals surface area (Å²) in [6.07, 6.45) is 15.5. The Labute approximate surface area is 195 Å². The average Bonchev–Trinajstić information content (AvgIpc) is 2.70. The topological polar surface area (TPSA) is 29.5 Å². The average molecular weight is 449 g/mol. The van der Waals surface area contributed by atoms with Gasteiger partial charge >= 0.3 is 0 Å². The van der Waals surface area contributed by atoms with Crippen molar-refractivity contribution >= 4 is 8.32 Å². The van der Waals surface area contributed by atoms with E-state index in [-0.39, 0.29) is 17.2 Å². The molecule has 180 valence electrons. The molecule has 0 heterocycles. The summed E-state index contributed by atoms with van der Waals surface area (Å²) >= 11 is 0. The molecule has 31 heavy (non-hydrogen) atoms. The molecule has 0 radical (unpaired) electrons. The van der Waals surface area contributed by atoms with Gasteiger partial charge in [-0.15, -0.1) is 0 Å². The molecule has 1 N–H and O–H groups in total. The smallest absolute Gasteiger partial charge is 0.192 e. The number of unbranched alkanes of at least 4 members (excludes halogenated alkanes) is 8. The molecule has 0 aliphatic carbocycles. The normalized spacial score (nSPS) is 14.5. The first-order valence-corrected chi connectivity index (χ1v) is 16.0. The van der Waals surface area contributed by atoms with Gasteiger partial charge in [0.05, 0.1) is 6.10 Å². The monoisotopic (exact) mass is 448 g/mol. The van der Waals surface area contributed by atoms with Gasteiger partial charge in [-0.3, -0.25) is 0 Å². The predicted molar refractivity (Wildman–Crippen MR) is 139 cm³/mol. The van der Waals surface area contributed by atoms with Gasteiger partial charge in [-0.05, 0) is 49.4 Å². The maximum Gasteiger partial charge on any atom is 0.192 e. The van der Waals surface area contributed by atoms with Gasteiger partial charge in [-0.1, -0.05) is 116 Å². The zero-order chi connectivity index (χ0) is 23.2. The number of benzene rings is 1. The van der Waals surface area contributed by atoms with Crippen molar-refractivity contribution in [3.8, 4) is 0 Å². The molecule has 0 aliphatic rings. The van der Waals surface area contributed by atoms with Crippen LogP contribution in [0.25, 0.3) is 0 Å². The van der Waals surface area contributed by atoms with Crippen LogP contribution in [0.1, 0.15) is 110 Å². The van der Waals surface area contributed by atoms with E-state index in [2.05, 4.69) is 71.1 Å². The Morgan fingerprint density at radius 2 is 1.39 bits per heavy atom. The van der Waals surface area contributed by atoms with Crippen LogP contribution in [0.4, 0.5) is 0 Å². The Hall–Kier alpha value is -0.643. The van der Waals surface area contributed by atoms with Crippen LogP contribution in [-0.4, -0.2) is 25.6 Å². The summed E-state index contributed by atoms with van der Waals surface area (Å²) in [5.41, 5.74) is 1.36. The van der Waals surface area contributed by atoms with Crippen LogP contribution >= 0.6 is 0 Å². The van der Waals surface area contributed by atoms with Gasteiger partial charge < -0.3 is 9.53 Å². The molecule has 0 fully saturated rings. The molecule has 0 aliphatic heterocycles. The van der Waals surface area contributed by atoms with Crippen molar-refractivity contribution in [3.05, 3.63) is 35.9 Å². The van der Waals surface area contributed by atoms with Gasteiger partial charge in [0.25, 0.3) is 0 Å². The zero-order valence-corrected chi connectivity index (χ0v) is 22.6. The van der Waals surface area contributed by atoms with E-state index in [1.165, 1.54) is 56.9 Å². The molecule has 2 atom stereocenters. The van der Waals surface area contributed by atoms with Gasteiger partial charge in [-0.25, -0.2) is 0 Å². The molecular formula is C28H52O2Si. The van der Waals surface area contributed by atoms with Crippen molar-refractivity contribution in [3.63, 3.8) is 0 Å². The Balaban J connectivity index is 2.42. The number of aliphatic hydroxyl groups excluding tert-OH is 1. The number of aliphatic hydroxyl groups is 1. The highest BCUT2D eigenvalue weighted by atomic mass is 28.4. The van der Waals surface area contributed by atoms with E-state index in [0.29, 0.717) is 0 Å². The van der Waals surface area contributed by atoms with Crippen LogP contribution < -0.4 is 0 Å². The van der Waals surface area contributed by atoms with E-state index in [1.807, 2.05) is 0 Å². The minimum atomic E-state index is -1.85. The third-order valence-electron chi connectivity index (χ3n) is 7.04. The summed E-state index contributed by atoms with van der Waals surface area (Å²) in [4.78, 5) is 0. The molecule has 3 heteroatoms. The lowest BCUT2D eigenvalue weighted by molar-refractivity contribution is 0.0752. The van der Waals surface area contributed by atoms with E-state index in [4.69, 9.17) is 4.43 Å². The molecule has 0 bridgehead atoms. The Morgan fingerprint density at radius 1 is 0.839 bits per heavy atom. The van der Waals surface area contributed by atoms with Crippen LogP contribution in [-0.2, 0) is 10.8 Å². The molecule has 1 rings (SSSR count). The predicted octanol–water partition coefficient (Wildman–Crippen LogP) is 8.68. The second-order valence-electron chi connectivity index (χ2n) is 11.0. The summed E-state index contributed by atoms with van der Waals surface area (Å²) in [7, 11) is -1.85. The molecule has 0 spiro atoms. The standard InChI is InChI=1S/C28H52O2Si/c1-7-8-9-10-11-12-13-14-18-21-26(29)24-27(30-31(5,6)28(2,3)4)23-22-25-19-16-15-17-20-25/h15-17,19-20,26-27,29H,7-14,18,21-24H2,1-6H3/t26-,27-/m1/s1. The minimum Gasteiger partial charge on any atom is -0.414 e. The molecule has 0 saturated heterocycles. The molecule has 2 nitrogen and oxygen atoms in total. The second kappa shape index (κ2) is 15.2. The number of hydrogen-bond acceptors (Lipinski definition) is 2. The van der Waals surface area contributed by atoms with Gasteiger partial charge in [0.2, 0.25) is 0 Å². The summed E-state index contributed by atoms with van der Waals surface area (Å²) in [5.74, 6) is 0. The van der Waals surface area contributed by atoms with E-state index in [9.17, 15) is 5.11 Å². The largest absolute Gasteiger partial charge is 0.414 e. The van der Waals surface area contributed by atoms with E-state index >= 15 is 0 Å². The lowest BCUT2D eigenvalue weighted by Gasteiger charge is -2.40. The molecule has 0 saturated carbocycles. The van der Waals surface area contributed by atoms with Crippen LogP contribution in [0.2, 0.25) is 18.1 Å². The van der Waals surface area contributed by atoms with Crippen LogP contribution in [0.5, 0.6) is 0 Å². The highest BCUT2D eigenvalue weighted by molar-refractivity contribution is 6.74. The maximum atomic E-state index is 10.8. The fourth-order valence-electron chi connectivity index (χ4n) is 3.90. The van der Waals surface area contributed by atoms with Gasteiger partial charge in [-0.2, -0.15) is 0 Å². The molecule has 1 aromatic carbocycles. The van der Waals surface area contributed by atoms with Crippen LogP contribution in [0.3, 0.4) is 0 Å². The first-order valence-electron chi connectivity index (χ1n) is 13.1. The third-order valence-corrected chi connectivity index (χ3v) is 11.6. The quantitative estimate of drug-likeness (QED) is 0.191. The highest BCUT2D eigenvalue weighted by Crippen LogP contribution is 2.38. The summed E-state index contributed by atoms with van der Waals surface area (Å²) in [5, 5.41) is 10.9. The molecule has 0 unspecified atom stereocenters. The van der Waals surface area contributed by atoms with E-state index < -0.39 is 8.32 Å². The highest BCUT2D eigenvalue weighted by Gasteiger charge is 2.39. The number of rotatable bonds is 17. The van der Waals surface area contributed by atoms with Gasteiger partial charge in [0, 0.05) is 6.10 Å². The maximum absolute atomic E-state index is 10.8. The Bertz CT molecular complexity index is 550. The van der Waals surface area contributed by atoms with Crippen molar-refractivity contribution in [2.45, 2.75) is 142 Å². The third kappa shape index (κ3) is 12.8. The molecule has 1 aromatic rings. The summed E-state index contributed by atoms with van der Waals surface area (Å²) in [6.45, 7) is 13.8. The van der Waals surface area contributed by atoms with Gasteiger partial charge in [0.15, 0.2) is 8.32 Å².